The Balaban J connectivity index is 2.05. The van der Waals surface area contributed by atoms with Crippen molar-refractivity contribution in [1.82, 2.24) is 10.1 Å². The third-order valence-electron chi connectivity index (χ3n) is 3.52. The molecule has 1 aromatic heterocycles. The number of halogens is 1. The summed E-state index contributed by atoms with van der Waals surface area (Å²) < 4.78 is 5.16. The van der Waals surface area contributed by atoms with Crippen molar-refractivity contribution in [3.63, 3.8) is 0 Å². The molecule has 0 aromatic carbocycles. The van der Waals surface area contributed by atoms with Crippen LogP contribution < -0.4 is 0 Å². The summed E-state index contributed by atoms with van der Waals surface area (Å²) in [5.41, 5.74) is 0. The van der Waals surface area contributed by atoms with Crippen LogP contribution in [0.4, 0.5) is 0 Å². The van der Waals surface area contributed by atoms with Gasteiger partial charge in [0, 0.05) is 5.92 Å². The molecule has 1 saturated carbocycles. The molecule has 4 heteroatoms. The lowest BCUT2D eigenvalue weighted by Crippen LogP contribution is -2.14. The summed E-state index contributed by atoms with van der Waals surface area (Å²) in [7, 11) is 0. The molecule has 3 unspecified atom stereocenters. The SMILES string of the molecule is CCC1CCCC(c2noc(C(C)Cl)n2)C1. The molecule has 1 aliphatic carbocycles. The maximum absolute atomic E-state index is 5.92. The van der Waals surface area contributed by atoms with E-state index in [1.54, 1.807) is 0 Å². The smallest absolute Gasteiger partial charge is 0.244 e. The molecule has 0 aliphatic heterocycles. The Kier molecular flexibility index (Phi) is 3.85. The second kappa shape index (κ2) is 5.17. The van der Waals surface area contributed by atoms with E-state index in [4.69, 9.17) is 16.1 Å². The predicted octanol–water partition coefficient (Wildman–Crippen LogP) is 4.05. The van der Waals surface area contributed by atoms with Crippen molar-refractivity contribution in [3.8, 4) is 0 Å². The zero-order valence-electron chi connectivity index (χ0n) is 9.95. The molecular formula is C12H19ClN2O. The van der Waals surface area contributed by atoms with Crippen molar-refractivity contribution in [2.75, 3.05) is 0 Å². The fraction of sp³-hybridized carbons (Fsp3) is 0.833. The minimum Gasteiger partial charge on any atom is -0.338 e. The molecule has 0 radical (unpaired) electrons. The van der Waals surface area contributed by atoms with Crippen LogP contribution in [0.2, 0.25) is 0 Å². The summed E-state index contributed by atoms with van der Waals surface area (Å²) in [6.45, 7) is 4.12. The average molecular weight is 243 g/mol. The van der Waals surface area contributed by atoms with Gasteiger partial charge in [-0.2, -0.15) is 4.98 Å². The predicted molar refractivity (Wildman–Crippen MR) is 63.6 cm³/mol. The van der Waals surface area contributed by atoms with Gasteiger partial charge in [-0.05, 0) is 25.7 Å². The monoisotopic (exact) mass is 242 g/mol. The number of hydrogen-bond acceptors (Lipinski definition) is 3. The van der Waals surface area contributed by atoms with Crippen molar-refractivity contribution in [2.45, 2.75) is 57.2 Å². The van der Waals surface area contributed by atoms with Gasteiger partial charge in [0.1, 0.15) is 5.38 Å². The molecule has 3 atom stereocenters. The maximum atomic E-state index is 5.92. The first-order valence-corrected chi connectivity index (χ1v) is 6.62. The van der Waals surface area contributed by atoms with Crippen LogP contribution >= 0.6 is 11.6 Å². The zero-order valence-corrected chi connectivity index (χ0v) is 10.7. The van der Waals surface area contributed by atoms with Crippen molar-refractivity contribution in [2.24, 2.45) is 5.92 Å². The van der Waals surface area contributed by atoms with Gasteiger partial charge < -0.3 is 4.52 Å². The number of alkyl halides is 1. The number of nitrogens with zero attached hydrogens (tertiary/aromatic N) is 2. The fourth-order valence-corrected chi connectivity index (χ4v) is 2.56. The molecule has 1 aromatic rings. The Hall–Kier alpha value is -0.570. The summed E-state index contributed by atoms with van der Waals surface area (Å²) in [6.07, 6.45) is 6.28. The van der Waals surface area contributed by atoms with E-state index in [9.17, 15) is 0 Å². The van der Waals surface area contributed by atoms with Gasteiger partial charge in [0.05, 0.1) is 0 Å². The van der Waals surface area contributed by atoms with Gasteiger partial charge in [-0.25, -0.2) is 0 Å². The van der Waals surface area contributed by atoms with Crippen LogP contribution in [0.25, 0.3) is 0 Å². The highest BCUT2D eigenvalue weighted by molar-refractivity contribution is 6.20. The summed E-state index contributed by atoms with van der Waals surface area (Å²) >= 11 is 5.92. The molecule has 0 amide bonds. The van der Waals surface area contributed by atoms with Gasteiger partial charge in [0.15, 0.2) is 5.82 Å². The lowest BCUT2D eigenvalue weighted by molar-refractivity contribution is 0.298. The minimum atomic E-state index is -0.188. The van der Waals surface area contributed by atoms with Crippen molar-refractivity contribution < 1.29 is 4.52 Å². The molecule has 16 heavy (non-hydrogen) atoms. The third-order valence-corrected chi connectivity index (χ3v) is 3.71. The van der Waals surface area contributed by atoms with Gasteiger partial charge in [-0.15, -0.1) is 11.6 Å². The normalized spacial score (nSPS) is 27.9. The summed E-state index contributed by atoms with van der Waals surface area (Å²) in [4.78, 5) is 4.39. The lowest BCUT2D eigenvalue weighted by Gasteiger charge is -2.26. The van der Waals surface area contributed by atoms with Crippen LogP contribution in [0.3, 0.4) is 0 Å². The Morgan fingerprint density at radius 2 is 2.31 bits per heavy atom. The molecule has 0 saturated heterocycles. The fourth-order valence-electron chi connectivity index (χ4n) is 2.47. The lowest BCUT2D eigenvalue weighted by atomic mass is 9.80. The quantitative estimate of drug-likeness (QED) is 0.751. The Morgan fingerprint density at radius 3 is 2.94 bits per heavy atom. The van der Waals surface area contributed by atoms with E-state index in [0.717, 1.165) is 11.7 Å². The second-order valence-electron chi connectivity index (χ2n) is 4.74. The largest absolute Gasteiger partial charge is 0.338 e. The number of hydrogen-bond donors (Lipinski definition) is 0. The van der Waals surface area contributed by atoms with E-state index in [-0.39, 0.29) is 5.38 Å². The molecule has 2 rings (SSSR count). The van der Waals surface area contributed by atoms with Gasteiger partial charge in [0.2, 0.25) is 5.89 Å². The summed E-state index contributed by atoms with van der Waals surface area (Å²) in [5.74, 6) is 2.72. The van der Waals surface area contributed by atoms with Gasteiger partial charge in [-0.1, -0.05) is 31.3 Å². The van der Waals surface area contributed by atoms with Gasteiger partial charge in [0.25, 0.3) is 0 Å². The second-order valence-corrected chi connectivity index (χ2v) is 5.40. The van der Waals surface area contributed by atoms with Crippen LogP contribution in [0.5, 0.6) is 0 Å². The summed E-state index contributed by atoms with van der Waals surface area (Å²) in [5, 5.41) is 3.87. The van der Waals surface area contributed by atoms with E-state index in [1.165, 1.54) is 32.1 Å². The van der Waals surface area contributed by atoms with Crippen LogP contribution in [-0.2, 0) is 0 Å². The summed E-state index contributed by atoms with van der Waals surface area (Å²) in [6, 6.07) is 0. The van der Waals surface area contributed by atoms with E-state index >= 15 is 0 Å². The van der Waals surface area contributed by atoms with Gasteiger partial charge >= 0.3 is 0 Å². The van der Waals surface area contributed by atoms with Crippen molar-refractivity contribution in [1.29, 1.82) is 0 Å². The van der Waals surface area contributed by atoms with Gasteiger partial charge in [-0.3, -0.25) is 0 Å². The third kappa shape index (κ3) is 2.57. The van der Waals surface area contributed by atoms with Crippen LogP contribution in [0, 0.1) is 5.92 Å². The molecule has 1 aliphatic rings. The Labute approximate surface area is 102 Å². The Bertz CT molecular complexity index is 338. The molecular weight excluding hydrogens is 224 g/mol. The van der Waals surface area contributed by atoms with Crippen molar-refractivity contribution in [3.05, 3.63) is 11.7 Å². The molecule has 0 bridgehead atoms. The molecule has 0 N–H and O–H groups in total. The maximum Gasteiger partial charge on any atom is 0.244 e. The van der Waals surface area contributed by atoms with Crippen LogP contribution in [-0.4, -0.2) is 10.1 Å². The standard InChI is InChI=1S/C12H19ClN2O/c1-3-9-5-4-6-10(7-9)11-14-12(8(2)13)16-15-11/h8-10H,3-7H2,1-2H3. The number of rotatable bonds is 3. The van der Waals surface area contributed by atoms with Crippen LogP contribution in [0.15, 0.2) is 4.52 Å². The van der Waals surface area contributed by atoms with E-state index in [1.807, 2.05) is 6.92 Å². The first-order chi connectivity index (χ1) is 7.70. The molecule has 1 fully saturated rings. The van der Waals surface area contributed by atoms with E-state index in [0.29, 0.717) is 11.8 Å². The molecule has 0 spiro atoms. The highest BCUT2D eigenvalue weighted by Gasteiger charge is 2.26. The topological polar surface area (TPSA) is 38.9 Å². The Morgan fingerprint density at radius 1 is 1.50 bits per heavy atom. The minimum absolute atomic E-state index is 0.188. The highest BCUT2D eigenvalue weighted by Crippen LogP contribution is 2.36. The van der Waals surface area contributed by atoms with E-state index < -0.39 is 0 Å². The van der Waals surface area contributed by atoms with Crippen LogP contribution in [0.1, 0.15) is 69.0 Å². The van der Waals surface area contributed by atoms with Crippen molar-refractivity contribution >= 4 is 11.6 Å². The number of aromatic nitrogens is 2. The molecule has 1 heterocycles. The zero-order chi connectivity index (χ0) is 11.5. The average Bonchev–Trinajstić information content (AvgIpc) is 2.78. The molecule has 3 nitrogen and oxygen atoms in total. The molecule has 90 valence electrons. The first kappa shape index (κ1) is 11.9. The first-order valence-electron chi connectivity index (χ1n) is 6.18. The highest BCUT2D eigenvalue weighted by atomic mass is 35.5. The van der Waals surface area contributed by atoms with E-state index in [2.05, 4.69) is 17.1 Å².